The maximum Gasteiger partial charge on any atom is 0.415 e. The van der Waals surface area contributed by atoms with E-state index in [1.165, 1.54) is 0 Å². The minimum absolute atomic E-state index is 0.397. The zero-order valence-corrected chi connectivity index (χ0v) is 7.08. The topological polar surface area (TPSA) is 47.5 Å². The van der Waals surface area contributed by atoms with Crippen molar-refractivity contribution in [2.45, 2.75) is 6.18 Å². The Morgan fingerprint density at radius 3 is 2.33 bits per heavy atom. The molecule has 1 rings (SSSR count). The van der Waals surface area contributed by atoms with Gasteiger partial charge in [0, 0.05) is 12.1 Å². The normalized spacial score (nSPS) is 10.8. The van der Waals surface area contributed by atoms with Crippen LogP contribution in [0.4, 0.5) is 24.5 Å². The Bertz CT molecular complexity index is 448. The van der Waals surface area contributed by atoms with Gasteiger partial charge < -0.3 is 0 Å². The molecule has 1 aromatic rings. The van der Waals surface area contributed by atoms with Gasteiger partial charge in [-0.25, -0.2) is 4.85 Å². The predicted octanol–water partition coefficient (Wildman–Crippen LogP) is 3.16. The van der Waals surface area contributed by atoms with Gasteiger partial charge in [0.05, 0.1) is 17.1 Å². The SMILES string of the molecule is [C-]#[N+]c1cc([N+](=O)[O-])cc(C(F)(F)F)c1. The number of alkyl halides is 3. The molecule has 0 atom stereocenters. The number of rotatable bonds is 1. The molecule has 0 spiro atoms. The predicted molar refractivity (Wildman–Crippen MR) is 44.4 cm³/mol. The van der Waals surface area contributed by atoms with E-state index in [1.807, 2.05) is 0 Å². The van der Waals surface area contributed by atoms with Crippen molar-refractivity contribution in [1.29, 1.82) is 0 Å². The summed E-state index contributed by atoms with van der Waals surface area (Å²) in [7, 11) is 0. The molecule has 0 aliphatic rings. The molecular formula is C8H3F3N2O2. The first-order valence-electron chi connectivity index (χ1n) is 3.58. The van der Waals surface area contributed by atoms with Gasteiger partial charge in [-0.1, -0.05) is 0 Å². The molecule has 1 aromatic carbocycles. The molecule has 0 aliphatic carbocycles. The fourth-order valence-corrected chi connectivity index (χ4v) is 0.929. The number of nitrogens with zero attached hydrogens (tertiary/aromatic N) is 2. The van der Waals surface area contributed by atoms with E-state index in [9.17, 15) is 23.3 Å². The van der Waals surface area contributed by atoms with Crippen LogP contribution in [0.1, 0.15) is 5.56 Å². The summed E-state index contributed by atoms with van der Waals surface area (Å²) in [5, 5.41) is 10.3. The van der Waals surface area contributed by atoms with Crippen molar-refractivity contribution in [3.63, 3.8) is 0 Å². The van der Waals surface area contributed by atoms with Crippen LogP contribution in [-0.2, 0) is 6.18 Å². The zero-order valence-electron chi connectivity index (χ0n) is 7.08. The molecule has 0 aromatic heterocycles. The van der Waals surface area contributed by atoms with Gasteiger partial charge in [-0.3, -0.25) is 10.1 Å². The number of hydrogen-bond acceptors (Lipinski definition) is 2. The van der Waals surface area contributed by atoms with Crippen LogP contribution < -0.4 is 0 Å². The van der Waals surface area contributed by atoms with Crippen molar-refractivity contribution >= 4 is 11.4 Å². The summed E-state index contributed by atoms with van der Waals surface area (Å²) < 4.78 is 36.7. The lowest BCUT2D eigenvalue weighted by molar-refractivity contribution is -0.385. The van der Waals surface area contributed by atoms with Crippen molar-refractivity contribution in [2.75, 3.05) is 0 Å². The van der Waals surface area contributed by atoms with Crippen LogP contribution in [0.15, 0.2) is 18.2 Å². The van der Waals surface area contributed by atoms with Crippen molar-refractivity contribution in [3.05, 3.63) is 45.3 Å². The first-order valence-corrected chi connectivity index (χ1v) is 3.58. The maximum atomic E-state index is 12.2. The van der Waals surface area contributed by atoms with E-state index >= 15 is 0 Å². The lowest BCUT2D eigenvalue weighted by atomic mass is 10.1. The Morgan fingerprint density at radius 2 is 1.93 bits per heavy atom. The number of non-ortho nitro benzene ring substituents is 1. The molecule has 0 bridgehead atoms. The molecule has 0 saturated heterocycles. The first-order chi connectivity index (χ1) is 6.84. The third-order valence-electron chi connectivity index (χ3n) is 1.57. The second kappa shape index (κ2) is 3.57. The highest BCUT2D eigenvalue weighted by Gasteiger charge is 2.32. The summed E-state index contributed by atoms with van der Waals surface area (Å²) in [6.45, 7) is 6.52. The van der Waals surface area contributed by atoms with E-state index in [1.54, 1.807) is 0 Å². The number of hydrogen-bond donors (Lipinski definition) is 0. The van der Waals surface area contributed by atoms with Gasteiger partial charge in [-0.15, -0.1) is 0 Å². The summed E-state index contributed by atoms with van der Waals surface area (Å²) in [5.74, 6) is 0. The van der Waals surface area contributed by atoms with Crippen LogP contribution in [0.25, 0.3) is 4.85 Å². The van der Waals surface area contributed by atoms with E-state index < -0.39 is 28.0 Å². The number of nitro benzene ring substituents is 1. The molecule has 0 fully saturated rings. The van der Waals surface area contributed by atoms with E-state index in [0.717, 1.165) is 6.07 Å². The van der Waals surface area contributed by atoms with Crippen molar-refractivity contribution in [3.8, 4) is 0 Å². The zero-order chi connectivity index (χ0) is 11.6. The molecule has 0 unspecified atom stereocenters. The molecule has 0 radical (unpaired) electrons. The van der Waals surface area contributed by atoms with E-state index in [2.05, 4.69) is 4.85 Å². The smallest absolute Gasteiger partial charge is 0.258 e. The highest BCUT2D eigenvalue weighted by Crippen LogP contribution is 2.34. The lowest BCUT2D eigenvalue weighted by Crippen LogP contribution is -2.05. The standard InChI is InChI=1S/C8H3F3N2O2/c1-12-6-2-5(8(9,10)11)3-7(4-6)13(14)15/h2-4H. The second-order valence-electron chi connectivity index (χ2n) is 2.60. The van der Waals surface area contributed by atoms with Gasteiger partial charge >= 0.3 is 6.18 Å². The molecule has 0 N–H and O–H groups in total. The highest BCUT2D eigenvalue weighted by atomic mass is 19.4. The molecule has 0 amide bonds. The molecule has 7 heteroatoms. The lowest BCUT2D eigenvalue weighted by Gasteiger charge is -2.06. The Balaban J connectivity index is 3.38. The molecule has 4 nitrogen and oxygen atoms in total. The first kappa shape index (κ1) is 11.0. The van der Waals surface area contributed by atoms with Crippen molar-refractivity contribution in [2.24, 2.45) is 0 Å². The van der Waals surface area contributed by atoms with Gasteiger partial charge in [0.1, 0.15) is 0 Å². The highest BCUT2D eigenvalue weighted by molar-refractivity contribution is 5.55. The largest absolute Gasteiger partial charge is 0.415 e. The summed E-state index contributed by atoms with van der Waals surface area (Å²) >= 11 is 0. The van der Waals surface area contributed by atoms with Crippen LogP contribution in [0.2, 0.25) is 0 Å². The minimum Gasteiger partial charge on any atom is -0.258 e. The molecule has 0 aliphatic heterocycles. The minimum atomic E-state index is -4.69. The van der Waals surface area contributed by atoms with Crippen LogP contribution in [0.5, 0.6) is 0 Å². The van der Waals surface area contributed by atoms with Gasteiger partial charge in [0.2, 0.25) is 0 Å². The number of halogens is 3. The monoisotopic (exact) mass is 216 g/mol. The maximum absolute atomic E-state index is 12.2. The summed E-state index contributed by atoms with van der Waals surface area (Å²) in [6.07, 6.45) is -4.69. The van der Waals surface area contributed by atoms with Crippen LogP contribution in [-0.4, -0.2) is 4.92 Å². The van der Waals surface area contributed by atoms with E-state index in [-0.39, 0.29) is 0 Å². The molecule has 0 saturated carbocycles. The third kappa shape index (κ3) is 2.43. The Labute approximate surface area is 81.9 Å². The van der Waals surface area contributed by atoms with E-state index in [4.69, 9.17) is 6.57 Å². The van der Waals surface area contributed by atoms with Crippen molar-refractivity contribution in [1.82, 2.24) is 0 Å². The van der Waals surface area contributed by atoms with Crippen LogP contribution >= 0.6 is 0 Å². The van der Waals surface area contributed by atoms with E-state index in [0.29, 0.717) is 12.1 Å². The Kier molecular flexibility index (Phi) is 2.61. The second-order valence-corrected chi connectivity index (χ2v) is 2.60. The number of nitro groups is 1. The molecule has 0 heterocycles. The quantitative estimate of drug-likeness (QED) is 0.411. The summed E-state index contributed by atoms with van der Waals surface area (Å²) in [5.41, 5.74) is -2.34. The van der Waals surface area contributed by atoms with Crippen LogP contribution in [0, 0.1) is 16.7 Å². The fourth-order valence-electron chi connectivity index (χ4n) is 0.929. The van der Waals surface area contributed by atoms with Gasteiger partial charge in [-0.05, 0) is 6.07 Å². The average Bonchev–Trinajstić information content (AvgIpc) is 2.15. The Hall–Kier alpha value is -2.10. The van der Waals surface area contributed by atoms with Gasteiger partial charge in [0.25, 0.3) is 5.69 Å². The van der Waals surface area contributed by atoms with Gasteiger partial charge in [0.15, 0.2) is 5.69 Å². The van der Waals surface area contributed by atoms with Gasteiger partial charge in [-0.2, -0.15) is 13.2 Å². The third-order valence-corrected chi connectivity index (χ3v) is 1.57. The van der Waals surface area contributed by atoms with Crippen molar-refractivity contribution < 1.29 is 18.1 Å². The molecule has 15 heavy (non-hydrogen) atoms. The summed E-state index contributed by atoms with van der Waals surface area (Å²) in [6, 6.07) is 1.76. The summed E-state index contributed by atoms with van der Waals surface area (Å²) in [4.78, 5) is 12.0. The molecular weight excluding hydrogens is 213 g/mol. The number of benzene rings is 1. The Morgan fingerprint density at radius 1 is 1.33 bits per heavy atom. The fraction of sp³-hybridized carbons (Fsp3) is 0.125. The van der Waals surface area contributed by atoms with Crippen LogP contribution in [0.3, 0.4) is 0 Å². The molecule has 78 valence electrons. The average molecular weight is 216 g/mol.